The van der Waals surface area contributed by atoms with Crippen molar-refractivity contribution in [2.45, 2.75) is 6.54 Å². The van der Waals surface area contributed by atoms with Gasteiger partial charge in [0.25, 0.3) is 0 Å². The first-order valence-electron chi connectivity index (χ1n) is 4.64. The molecule has 2 aromatic rings. The van der Waals surface area contributed by atoms with Crippen LogP contribution in [0.4, 0.5) is 11.6 Å². The highest BCUT2D eigenvalue weighted by atomic mass is 16.6. The van der Waals surface area contributed by atoms with Crippen LogP contribution in [-0.4, -0.2) is 24.7 Å². The van der Waals surface area contributed by atoms with Crippen LogP contribution in [0.5, 0.6) is 0 Å². The first-order valence-corrected chi connectivity index (χ1v) is 4.64. The summed E-state index contributed by atoms with van der Waals surface area (Å²) < 4.78 is 1.33. The molecule has 0 atom stereocenters. The molecular formula is C8H9N7O2. The van der Waals surface area contributed by atoms with E-state index in [0.717, 1.165) is 0 Å². The molecule has 3 N–H and O–H groups in total. The van der Waals surface area contributed by atoms with E-state index in [4.69, 9.17) is 5.84 Å². The number of hydrazine groups is 1. The van der Waals surface area contributed by atoms with Crippen molar-refractivity contribution < 1.29 is 4.92 Å². The molecule has 2 heterocycles. The number of pyridine rings is 1. The average molecular weight is 235 g/mol. The van der Waals surface area contributed by atoms with Gasteiger partial charge in [-0.3, -0.25) is 10.8 Å². The summed E-state index contributed by atoms with van der Waals surface area (Å²) in [7, 11) is 0. The van der Waals surface area contributed by atoms with E-state index in [0.29, 0.717) is 11.4 Å². The van der Waals surface area contributed by atoms with Crippen LogP contribution < -0.4 is 11.3 Å². The van der Waals surface area contributed by atoms with Crippen molar-refractivity contribution >= 4 is 11.6 Å². The van der Waals surface area contributed by atoms with E-state index in [1.165, 1.54) is 11.0 Å². The van der Waals surface area contributed by atoms with Crippen LogP contribution in [0.15, 0.2) is 24.7 Å². The maximum atomic E-state index is 10.4. The lowest BCUT2D eigenvalue weighted by Gasteiger charge is -2.01. The van der Waals surface area contributed by atoms with Gasteiger partial charge >= 0.3 is 5.95 Å². The van der Waals surface area contributed by atoms with Crippen LogP contribution >= 0.6 is 0 Å². The van der Waals surface area contributed by atoms with Crippen molar-refractivity contribution in [3.8, 4) is 0 Å². The number of nitrogen functional groups attached to an aromatic ring is 1. The van der Waals surface area contributed by atoms with Gasteiger partial charge in [-0.1, -0.05) is 4.98 Å². The lowest BCUT2D eigenvalue weighted by Crippen LogP contribution is -2.08. The Morgan fingerprint density at radius 3 is 3.00 bits per heavy atom. The van der Waals surface area contributed by atoms with E-state index >= 15 is 0 Å². The Bertz CT molecular complexity index is 538. The largest absolute Gasteiger partial charge is 0.490 e. The van der Waals surface area contributed by atoms with Gasteiger partial charge in [0.15, 0.2) is 0 Å². The smallest absolute Gasteiger partial charge is 0.390 e. The number of nitrogens with zero attached hydrogens (tertiary/aromatic N) is 5. The van der Waals surface area contributed by atoms with Crippen LogP contribution in [0, 0.1) is 10.1 Å². The normalized spacial score (nSPS) is 10.2. The van der Waals surface area contributed by atoms with Crippen LogP contribution in [-0.2, 0) is 6.54 Å². The molecule has 0 saturated carbocycles. The maximum Gasteiger partial charge on any atom is 0.490 e. The van der Waals surface area contributed by atoms with E-state index in [2.05, 4.69) is 20.5 Å². The number of nitrogens with two attached hydrogens (primary N) is 1. The summed E-state index contributed by atoms with van der Waals surface area (Å²) in [5.41, 5.74) is 3.85. The minimum Gasteiger partial charge on any atom is -0.390 e. The highest BCUT2D eigenvalue weighted by molar-refractivity contribution is 5.41. The average Bonchev–Trinajstić information content (AvgIpc) is 2.78. The molecule has 0 saturated heterocycles. The quantitative estimate of drug-likeness (QED) is 0.431. The van der Waals surface area contributed by atoms with Crippen molar-refractivity contribution in [2.24, 2.45) is 5.84 Å². The second-order valence-electron chi connectivity index (χ2n) is 3.18. The molecule has 0 radical (unpaired) electrons. The second-order valence-corrected chi connectivity index (χ2v) is 3.18. The first-order chi connectivity index (χ1) is 8.19. The van der Waals surface area contributed by atoms with Crippen molar-refractivity contribution in [3.63, 3.8) is 0 Å². The van der Waals surface area contributed by atoms with E-state index in [-0.39, 0.29) is 6.54 Å². The van der Waals surface area contributed by atoms with Gasteiger partial charge in [-0.05, 0) is 17.1 Å². The Labute approximate surface area is 95.4 Å². The molecule has 0 unspecified atom stereocenters. The van der Waals surface area contributed by atoms with Crippen LogP contribution in [0.25, 0.3) is 0 Å². The fourth-order valence-corrected chi connectivity index (χ4v) is 1.27. The van der Waals surface area contributed by atoms with Crippen LogP contribution in [0.2, 0.25) is 0 Å². The van der Waals surface area contributed by atoms with Gasteiger partial charge in [0.05, 0.1) is 11.4 Å². The number of rotatable bonds is 4. The molecule has 0 bridgehead atoms. The zero-order chi connectivity index (χ0) is 12.3. The zero-order valence-electron chi connectivity index (χ0n) is 8.65. The zero-order valence-corrected chi connectivity index (χ0v) is 8.65. The third-order valence-corrected chi connectivity index (χ3v) is 1.99. The Kier molecular flexibility index (Phi) is 2.92. The minimum atomic E-state index is -0.651. The Morgan fingerprint density at radius 1 is 1.53 bits per heavy atom. The standard InChI is InChI=1S/C8H9N7O2/c9-12-6-1-2-10-7(3-6)4-14-5-11-8(13-14)15(16)17/h1-3,5H,4,9H2,(H,10,12). The topological polar surface area (TPSA) is 125 Å². The monoisotopic (exact) mass is 235 g/mol. The van der Waals surface area contributed by atoms with Crippen molar-refractivity contribution in [3.05, 3.63) is 40.5 Å². The van der Waals surface area contributed by atoms with E-state index in [1.54, 1.807) is 18.3 Å². The molecule has 0 fully saturated rings. The maximum absolute atomic E-state index is 10.4. The summed E-state index contributed by atoms with van der Waals surface area (Å²) in [6, 6.07) is 3.42. The third-order valence-electron chi connectivity index (χ3n) is 1.99. The second kappa shape index (κ2) is 4.53. The van der Waals surface area contributed by atoms with Crippen molar-refractivity contribution in [1.29, 1.82) is 0 Å². The number of hydrogen-bond donors (Lipinski definition) is 2. The molecule has 17 heavy (non-hydrogen) atoms. The predicted octanol–water partition coefficient (Wildman–Crippen LogP) is -0.0848. The van der Waals surface area contributed by atoms with Gasteiger partial charge in [0, 0.05) is 11.3 Å². The Balaban J connectivity index is 2.16. The molecular weight excluding hydrogens is 226 g/mol. The van der Waals surface area contributed by atoms with Crippen LogP contribution in [0.3, 0.4) is 0 Å². The highest BCUT2D eigenvalue weighted by Crippen LogP contribution is 2.08. The number of hydrogen-bond acceptors (Lipinski definition) is 7. The summed E-state index contributed by atoms with van der Waals surface area (Å²) in [5.74, 6) is 4.82. The fraction of sp³-hybridized carbons (Fsp3) is 0.125. The molecule has 9 heteroatoms. The van der Waals surface area contributed by atoms with Gasteiger partial charge in [0.2, 0.25) is 6.33 Å². The van der Waals surface area contributed by atoms with Gasteiger partial charge in [0.1, 0.15) is 6.54 Å². The summed E-state index contributed by atoms with van der Waals surface area (Å²) in [6.07, 6.45) is 2.86. The molecule has 0 aromatic carbocycles. The SMILES string of the molecule is NNc1ccnc(Cn2cnc([N+](=O)[O-])n2)c1. The van der Waals surface area contributed by atoms with Crippen LogP contribution in [0.1, 0.15) is 5.69 Å². The molecule has 0 aliphatic carbocycles. The molecule has 0 aliphatic heterocycles. The molecule has 2 rings (SSSR count). The number of nitrogens with one attached hydrogen (secondary N) is 1. The summed E-state index contributed by atoms with van der Waals surface area (Å²) in [4.78, 5) is 17.4. The lowest BCUT2D eigenvalue weighted by atomic mass is 10.3. The summed E-state index contributed by atoms with van der Waals surface area (Å²) >= 11 is 0. The molecule has 0 amide bonds. The molecule has 9 nitrogen and oxygen atoms in total. The lowest BCUT2D eigenvalue weighted by molar-refractivity contribution is -0.394. The number of aromatic nitrogens is 4. The van der Waals surface area contributed by atoms with Gasteiger partial charge in [-0.25, -0.2) is 0 Å². The van der Waals surface area contributed by atoms with E-state index < -0.39 is 10.9 Å². The Hall–Kier alpha value is -2.55. The molecule has 0 spiro atoms. The third kappa shape index (κ3) is 2.52. The predicted molar refractivity (Wildman–Crippen MR) is 57.8 cm³/mol. The number of anilines is 1. The molecule has 2 aromatic heterocycles. The van der Waals surface area contributed by atoms with E-state index in [9.17, 15) is 10.1 Å². The summed E-state index contributed by atoms with van der Waals surface area (Å²) in [5, 5.41) is 14.1. The van der Waals surface area contributed by atoms with Gasteiger partial charge in [-0.2, -0.15) is 4.68 Å². The molecule has 88 valence electrons. The summed E-state index contributed by atoms with van der Waals surface area (Å²) in [6.45, 7) is 0.288. The number of nitro groups is 1. The van der Waals surface area contributed by atoms with Crippen molar-refractivity contribution in [2.75, 3.05) is 5.43 Å². The fourth-order valence-electron chi connectivity index (χ4n) is 1.27. The highest BCUT2D eigenvalue weighted by Gasteiger charge is 2.13. The van der Waals surface area contributed by atoms with Crippen molar-refractivity contribution in [1.82, 2.24) is 19.7 Å². The Morgan fingerprint density at radius 2 is 2.35 bits per heavy atom. The van der Waals surface area contributed by atoms with Gasteiger partial charge in [-0.15, -0.1) is 0 Å². The van der Waals surface area contributed by atoms with E-state index in [1.807, 2.05) is 0 Å². The minimum absolute atomic E-state index is 0.288. The first kappa shape index (κ1) is 11.0. The van der Waals surface area contributed by atoms with Gasteiger partial charge < -0.3 is 15.5 Å². The molecule has 0 aliphatic rings.